The lowest BCUT2D eigenvalue weighted by Crippen LogP contribution is -2.13. The summed E-state index contributed by atoms with van der Waals surface area (Å²) in [6.45, 7) is 3.01. The van der Waals surface area contributed by atoms with E-state index >= 15 is 0 Å². The molecule has 1 rings (SSSR count). The zero-order valence-corrected chi connectivity index (χ0v) is 10.6. The summed E-state index contributed by atoms with van der Waals surface area (Å²) in [5, 5.41) is 11.1. The molecule has 0 unspecified atom stereocenters. The van der Waals surface area contributed by atoms with Crippen molar-refractivity contribution in [1.82, 2.24) is 0 Å². The Labute approximate surface area is 114 Å². The van der Waals surface area contributed by atoms with E-state index in [0.29, 0.717) is 5.69 Å². The molecule has 0 bridgehead atoms. The first-order valence-corrected chi connectivity index (χ1v) is 5.59. The van der Waals surface area contributed by atoms with Crippen molar-refractivity contribution in [1.29, 1.82) is 0 Å². The first-order valence-electron chi connectivity index (χ1n) is 5.21. The summed E-state index contributed by atoms with van der Waals surface area (Å²) >= 11 is 5.87. The lowest BCUT2D eigenvalue weighted by molar-refractivity contribution is -0.139. The van der Waals surface area contributed by atoms with Crippen molar-refractivity contribution in [2.24, 2.45) is 0 Å². The Kier molecular flexibility index (Phi) is 5.69. The molecular formula is C12H12ClNO5. The van der Waals surface area contributed by atoms with Crippen LogP contribution < -0.4 is 10.1 Å². The van der Waals surface area contributed by atoms with Gasteiger partial charge in [-0.1, -0.05) is 24.3 Å². The van der Waals surface area contributed by atoms with Crippen LogP contribution in [0.5, 0.6) is 5.75 Å². The maximum absolute atomic E-state index is 11.2. The quantitative estimate of drug-likeness (QED) is 0.785. The highest BCUT2D eigenvalue weighted by Gasteiger charge is 2.07. The molecular weight excluding hydrogens is 274 g/mol. The second kappa shape index (κ2) is 7.27. The average Bonchev–Trinajstić information content (AvgIpc) is 2.35. The molecule has 0 radical (unpaired) electrons. The number of carbonyl (C=O) groups excluding carboxylic acids is 1. The molecule has 0 aliphatic heterocycles. The average molecular weight is 286 g/mol. The van der Waals surface area contributed by atoms with Gasteiger partial charge >= 0.3 is 12.1 Å². The van der Waals surface area contributed by atoms with Gasteiger partial charge in [-0.15, -0.1) is 0 Å². The number of hydrogen-bond donors (Lipinski definition) is 2. The summed E-state index contributed by atoms with van der Waals surface area (Å²) in [6, 6.07) is 4.39. The number of nitrogens with one attached hydrogen (secondary N) is 1. The van der Waals surface area contributed by atoms with E-state index in [1.807, 2.05) is 0 Å². The number of rotatable bonds is 6. The molecule has 19 heavy (non-hydrogen) atoms. The number of carbonyl (C=O) groups is 2. The van der Waals surface area contributed by atoms with Crippen LogP contribution in [-0.2, 0) is 9.53 Å². The molecule has 0 aliphatic carbocycles. The van der Waals surface area contributed by atoms with Crippen LogP contribution in [-0.4, -0.2) is 30.4 Å². The molecule has 1 amide bonds. The van der Waals surface area contributed by atoms with Gasteiger partial charge in [-0.25, -0.2) is 9.59 Å². The van der Waals surface area contributed by atoms with E-state index in [9.17, 15) is 9.59 Å². The van der Waals surface area contributed by atoms with Gasteiger partial charge in [0.05, 0.1) is 5.02 Å². The van der Waals surface area contributed by atoms with E-state index in [1.165, 1.54) is 24.3 Å². The van der Waals surface area contributed by atoms with Crippen LogP contribution in [0.25, 0.3) is 0 Å². The van der Waals surface area contributed by atoms with E-state index in [0.717, 1.165) is 0 Å². The van der Waals surface area contributed by atoms with E-state index in [1.54, 1.807) is 0 Å². The van der Waals surface area contributed by atoms with E-state index in [-0.39, 0.29) is 17.4 Å². The zero-order chi connectivity index (χ0) is 14.3. The molecule has 0 heterocycles. The topological polar surface area (TPSA) is 84.9 Å². The Bertz CT molecular complexity index is 489. The van der Waals surface area contributed by atoms with Crippen LogP contribution in [0.1, 0.15) is 0 Å². The molecule has 0 spiro atoms. The first-order chi connectivity index (χ1) is 9.02. The maximum Gasteiger partial charge on any atom is 0.411 e. The minimum Gasteiger partial charge on any atom is -0.480 e. The fraction of sp³-hybridized carbons (Fsp3) is 0.167. The van der Waals surface area contributed by atoms with Crippen LogP contribution in [0.4, 0.5) is 10.5 Å². The fourth-order valence-electron chi connectivity index (χ4n) is 1.12. The molecule has 0 aromatic heterocycles. The van der Waals surface area contributed by atoms with Crippen molar-refractivity contribution < 1.29 is 24.2 Å². The van der Waals surface area contributed by atoms with Crippen LogP contribution in [0.2, 0.25) is 5.02 Å². The number of amides is 1. The number of halogens is 1. The van der Waals surface area contributed by atoms with Gasteiger partial charge in [0.2, 0.25) is 0 Å². The van der Waals surface area contributed by atoms with E-state index in [4.69, 9.17) is 26.2 Å². The van der Waals surface area contributed by atoms with Crippen molar-refractivity contribution in [2.45, 2.75) is 0 Å². The number of hydrogen-bond acceptors (Lipinski definition) is 4. The van der Waals surface area contributed by atoms with Crippen molar-refractivity contribution in [3.63, 3.8) is 0 Å². The summed E-state index contributed by atoms with van der Waals surface area (Å²) in [6.07, 6.45) is 0.797. The Morgan fingerprint density at radius 2 is 2.21 bits per heavy atom. The number of carboxylic acids is 1. The molecule has 0 saturated heterocycles. The lowest BCUT2D eigenvalue weighted by atomic mass is 10.3. The van der Waals surface area contributed by atoms with Crippen molar-refractivity contribution >= 4 is 29.4 Å². The maximum atomic E-state index is 11.2. The third-order valence-corrected chi connectivity index (χ3v) is 2.16. The van der Waals surface area contributed by atoms with Gasteiger partial charge in [-0.2, -0.15) is 0 Å². The second-order valence-electron chi connectivity index (χ2n) is 3.34. The number of carboxylic acid groups (broad SMARTS) is 1. The summed E-state index contributed by atoms with van der Waals surface area (Å²) in [5.74, 6) is -0.889. The highest BCUT2D eigenvalue weighted by molar-refractivity contribution is 6.32. The van der Waals surface area contributed by atoms with Gasteiger partial charge in [0, 0.05) is 5.69 Å². The van der Waals surface area contributed by atoms with Gasteiger partial charge in [0.15, 0.2) is 6.61 Å². The largest absolute Gasteiger partial charge is 0.480 e. The van der Waals surface area contributed by atoms with Gasteiger partial charge in [-0.05, 0) is 18.2 Å². The monoisotopic (exact) mass is 285 g/mol. The number of benzene rings is 1. The van der Waals surface area contributed by atoms with Crippen molar-refractivity contribution in [3.05, 3.63) is 35.9 Å². The van der Waals surface area contributed by atoms with Crippen molar-refractivity contribution in [2.75, 3.05) is 18.5 Å². The smallest absolute Gasteiger partial charge is 0.411 e. The van der Waals surface area contributed by atoms with Gasteiger partial charge < -0.3 is 14.6 Å². The van der Waals surface area contributed by atoms with Crippen molar-refractivity contribution in [3.8, 4) is 5.75 Å². The number of anilines is 1. The normalized spacial score (nSPS) is 9.53. The molecule has 0 fully saturated rings. The van der Waals surface area contributed by atoms with Gasteiger partial charge in [-0.3, -0.25) is 5.32 Å². The lowest BCUT2D eigenvalue weighted by Gasteiger charge is -2.09. The Morgan fingerprint density at radius 3 is 2.79 bits per heavy atom. The van der Waals surface area contributed by atoms with E-state index in [2.05, 4.69) is 11.9 Å². The fourth-order valence-corrected chi connectivity index (χ4v) is 1.36. The summed E-state index contributed by atoms with van der Waals surface area (Å²) in [4.78, 5) is 21.6. The Hall–Kier alpha value is -2.21. The van der Waals surface area contributed by atoms with Crippen LogP contribution in [0.15, 0.2) is 30.9 Å². The van der Waals surface area contributed by atoms with Crippen LogP contribution in [0.3, 0.4) is 0 Å². The standard InChI is InChI=1S/C12H12ClNO5/c1-2-5-18-12(17)14-8-3-4-10(9(13)6-8)19-7-11(15)16/h2-4,6H,1,5,7H2,(H,14,17)(H,15,16). The third-order valence-electron chi connectivity index (χ3n) is 1.86. The third kappa shape index (κ3) is 5.31. The Morgan fingerprint density at radius 1 is 1.47 bits per heavy atom. The first kappa shape index (κ1) is 14.8. The Balaban J connectivity index is 2.63. The molecule has 0 aliphatic rings. The summed E-state index contributed by atoms with van der Waals surface area (Å²) in [7, 11) is 0. The highest BCUT2D eigenvalue weighted by atomic mass is 35.5. The van der Waals surface area contributed by atoms with Gasteiger partial charge in [0.1, 0.15) is 12.4 Å². The van der Waals surface area contributed by atoms with E-state index < -0.39 is 18.7 Å². The molecule has 0 atom stereocenters. The highest BCUT2D eigenvalue weighted by Crippen LogP contribution is 2.27. The number of aliphatic carboxylic acids is 1. The van der Waals surface area contributed by atoms with Gasteiger partial charge in [0.25, 0.3) is 0 Å². The predicted molar refractivity (Wildman–Crippen MR) is 69.8 cm³/mol. The molecule has 7 heteroatoms. The zero-order valence-electron chi connectivity index (χ0n) is 9.89. The minimum absolute atomic E-state index is 0.0966. The summed E-state index contributed by atoms with van der Waals surface area (Å²) in [5.41, 5.74) is 0.404. The molecule has 1 aromatic rings. The molecule has 2 N–H and O–H groups in total. The second-order valence-corrected chi connectivity index (χ2v) is 3.75. The predicted octanol–water partition coefficient (Wildman–Crippen LogP) is 2.54. The molecule has 0 saturated carbocycles. The van der Waals surface area contributed by atoms with Crippen LogP contribution >= 0.6 is 11.6 Å². The molecule has 6 nitrogen and oxygen atoms in total. The SMILES string of the molecule is C=CCOC(=O)Nc1ccc(OCC(=O)O)c(Cl)c1. The summed E-state index contributed by atoms with van der Waals surface area (Å²) < 4.78 is 9.66. The minimum atomic E-state index is -1.11. The molecule has 1 aromatic carbocycles. The number of ether oxygens (including phenoxy) is 2. The molecule has 102 valence electrons. The van der Waals surface area contributed by atoms with Crippen LogP contribution in [0, 0.1) is 0 Å².